The molecule has 0 amide bonds. The molecule has 1 saturated heterocycles. The lowest BCUT2D eigenvalue weighted by atomic mass is 9.71. The van der Waals surface area contributed by atoms with E-state index in [0.29, 0.717) is 17.9 Å². The van der Waals surface area contributed by atoms with E-state index >= 15 is 0 Å². The van der Waals surface area contributed by atoms with E-state index in [2.05, 4.69) is 24.8 Å². The first-order chi connectivity index (χ1) is 19.1. The molecule has 2 aromatic rings. The molecule has 3 fully saturated rings. The Morgan fingerprint density at radius 3 is 1.97 bits per heavy atom. The van der Waals surface area contributed by atoms with Crippen molar-refractivity contribution in [3.8, 4) is 11.5 Å². The highest BCUT2D eigenvalue weighted by atomic mass is 19.2. The lowest BCUT2D eigenvalue weighted by Crippen LogP contribution is -2.37. The van der Waals surface area contributed by atoms with E-state index in [-0.39, 0.29) is 24.7 Å². The van der Waals surface area contributed by atoms with Crippen molar-refractivity contribution in [3.05, 3.63) is 71.8 Å². The summed E-state index contributed by atoms with van der Waals surface area (Å²) in [5.74, 6) is 1.39. The molecule has 0 aromatic heterocycles. The van der Waals surface area contributed by atoms with E-state index < -0.39 is 11.6 Å². The zero-order valence-corrected chi connectivity index (χ0v) is 23.4. The highest BCUT2D eigenvalue weighted by Gasteiger charge is 2.35. The zero-order chi connectivity index (χ0) is 27.2. The average molecular weight is 539 g/mol. The number of ether oxygens (including phenoxy) is 3. The maximum absolute atomic E-state index is 14.3. The average Bonchev–Trinajstić information content (AvgIpc) is 3.00. The molecule has 0 radical (unpaired) electrons. The molecule has 1 heterocycles. The second kappa shape index (κ2) is 13.3. The summed E-state index contributed by atoms with van der Waals surface area (Å²) in [7, 11) is 0. The van der Waals surface area contributed by atoms with Crippen LogP contribution in [0.3, 0.4) is 0 Å². The number of benzene rings is 2. The molecule has 0 bridgehead atoms. The van der Waals surface area contributed by atoms with Crippen LogP contribution in [0.2, 0.25) is 0 Å². The van der Waals surface area contributed by atoms with E-state index in [0.717, 1.165) is 29.9 Å². The molecule has 2 atom stereocenters. The monoisotopic (exact) mass is 538 g/mol. The Kier molecular flexibility index (Phi) is 9.60. The Morgan fingerprint density at radius 2 is 1.38 bits per heavy atom. The highest BCUT2D eigenvalue weighted by molar-refractivity contribution is 5.35. The molecule has 0 spiro atoms. The summed E-state index contributed by atoms with van der Waals surface area (Å²) in [4.78, 5) is 0. The van der Waals surface area contributed by atoms with Gasteiger partial charge in [0.2, 0.25) is 11.6 Å². The van der Waals surface area contributed by atoms with Gasteiger partial charge in [-0.3, -0.25) is 0 Å². The highest BCUT2D eigenvalue weighted by Crippen LogP contribution is 2.43. The standard InChI is InChI=1S/C34H44F2O3/c1-3-23-5-9-27(10-6-23)29-17-18-30(39-22-29)28-15-13-26(14-16-28)25-11-7-24(8-12-25)21-38-32-20-19-31(37-4-2)33(35)34(32)36/h3,7-8,11-12,19-20,23,26-30H,1,4-6,9-10,13-18,21-22H2,2H3. The van der Waals surface area contributed by atoms with Crippen LogP contribution < -0.4 is 9.47 Å². The summed E-state index contributed by atoms with van der Waals surface area (Å²) >= 11 is 0. The van der Waals surface area contributed by atoms with Gasteiger partial charge in [0.25, 0.3) is 0 Å². The van der Waals surface area contributed by atoms with Crippen LogP contribution in [0, 0.1) is 35.3 Å². The second-order valence-corrected chi connectivity index (χ2v) is 11.9. The Hall–Kier alpha value is -2.40. The molecule has 3 nitrogen and oxygen atoms in total. The van der Waals surface area contributed by atoms with Gasteiger partial charge in [-0.25, -0.2) is 0 Å². The Labute approximate surface area is 232 Å². The molecule has 1 aliphatic heterocycles. The first-order valence-electron chi connectivity index (χ1n) is 15.1. The van der Waals surface area contributed by atoms with Crippen LogP contribution in [-0.4, -0.2) is 19.3 Å². The third-order valence-electron chi connectivity index (χ3n) is 9.62. The Morgan fingerprint density at radius 1 is 0.769 bits per heavy atom. The predicted octanol–water partition coefficient (Wildman–Crippen LogP) is 9.00. The summed E-state index contributed by atoms with van der Waals surface area (Å²) in [5.41, 5.74) is 2.29. The molecular weight excluding hydrogens is 494 g/mol. The Balaban J connectivity index is 1.05. The number of hydrogen-bond donors (Lipinski definition) is 0. The van der Waals surface area contributed by atoms with E-state index in [4.69, 9.17) is 14.2 Å². The van der Waals surface area contributed by atoms with Crippen LogP contribution in [-0.2, 0) is 11.3 Å². The fourth-order valence-electron chi connectivity index (χ4n) is 7.15. The van der Waals surface area contributed by atoms with E-state index in [1.165, 1.54) is 81.9 Å². The lowest BCUT2D eigenvalue weighted by Gasteiger charge is -2.41. The minimum atomic E-state index is -1.01. The fourth-order valence-corrected chi connectivity index (χ4v) is 7.15. The van der Waals surface area contributed by atoms with Gasteiger partial charge in [0.1, 0.15) is 6.61 Å². The lowest BCUT2D eigenvalue weighted by molar-refractivity contribution is -0.0718. The maximum atomic E-state index is 14.3. The van der Waals surface area contributed by atoms with Crippen LogP contribution in [0.15, 0.2) is 49.1 Å². The topological polar surface area (TPSA) is 27.7 Å². The summed E-state index contributed by atoms with van der Waals surface area (Å²) < 4.78 is 45.6. The van der Waals surface area contributed by atoms with Crippen LogP contribution in [0.4, 0.5) is 8.78 Å². The molecule has 2 aromatic carbocycles. The quantitative estimate of drug-likeness (QED) is 0.298. The molecule has 2 unspecified atom stereocenters. The van der Waals surface area contributed by atoms with Crippen molar-refractivity contribution >= 4 is 0 Å². The Bertz CT molecular complexity index is 1060. The molecule has 5 rings (SSSR count). The van der Waals surface area contributed by atoms with Crippen molar-refractivity contribution < 1.29 is 23.0 Å². The number of hydrogen-bond acceptors (Lipinski definition) is 3. The van der Waals surface area contributed by atoms with Crippen molar-refractivity contribution in [3.63, 3.8) is 0 Å². The summed E-state index contributed by atoms with van der Waals surface area (Å²) in [5, 5.41) is 0. The summed E-state index contributed by atoms with van der Waals surface area (Å²) in [6.45, 7) is 7.14. The SMILES string of the molecule is C=CC1CCC(C2CCC(C3CCC(c4ccc(COc5ccc(OCC)c(F)c5F)cc4)CC3)OC2)CC1. The number of halogens is 2. The van der Waals surface area contributed by atoms with Crippen molar-refractivity contribution in [2.24, 2.45) is 23.7 Å². The van der Waals surface area contributed by atoms with Crippen LogP contribution in [0.1, 0.15) is 88.2 Å². The van der Waals surface area contributed by atoms with Gasteiger partial charge in [0.05, 0.1) is 19.3 Å². The molecule has 0 N–H and O–H groups in total. The molecule has 39 heavy (non-hydrogen) atoms. The van der Waals surface area contributed by atoms with Crippen LogP contribution >= 0.6 is 0 Å². The number of allylic oxidation sites excluding steroid dienone is 1. The van der Waals surface area contributed by atoms with Crippen LogP contribution in [0.25, 0.3) is 0 Å². The second-order valence-electron chi connectivity index (χ2n) is 11.9. The number of rotatable bonds is 9. The minimum absolute atomic E-state index is 0.0951. The van der Waals surface area contributed by atoms with Gasteiger partial charge >= 0.3 is 0 Å². The fraction of sp³-hybridized carbons (Fsp3) is 0.588. The van der Waals surface area contributed by atoms with E-state index in [1.54, 1.807) is 6.92 Å². The largest absolute Gasteiger partial charge is 0.491 e. The molecule has 212 valence electrons. The van der Waals surface area contributed by atoms with Crippen molar-refractivity contribution in [2.45, 2.75) is 89.8 Å². The van der Waals surface area contributed by atoms with Gasteiger partial charge in [0.15, 0.2) is 11.5 Å². The van der Waals surface area contributed by atoms with Gasteiger partial charge in [-0.1, -0.05) is 30.3 Å². The van der Waals surface area contributed by atoms with E-state index in [1.807, 2.05) is 12.1 Å². The molecular formula is C34H44F2O3. The normalized spacial score (nSPS) is 29.5. The molecule has 2 saturated carbocycles. The zero-order valence-electron chi connectivity index (χ0n) is 23.4. The van der Waals surface area contributed by atoms with Crippen molar-refractivity contribution in [1.29, 1.82) is 0 Å². The summed E-state index contributed by atoms with van der Waals surface area (Å²) in [6, 6.07) is 11.2. The maximum Gasteiger partial charge on any atom is 0.204 e. The third kappa shape index (κ3) is 6.85. The molecule has 3 aliphatic rings. The smallest absolute Gasteiger partial charge is 0.204 e. The van der Waals surface area contributed by atoms with E-state index in [9.17, 15) is 8.78 Å². The minimum Gasteiger partial charge on any atom is -0.491 e. The van der Waals surface area contributed by atoms with Gasteiger partial charge in [-0.2, -0.15) is 8.78 Å². The first-order valence-corrected chi connectivity index (χ1v) is 15.1. The third-order valence-corrected chi connectivity index (χ3v) is 9.62. The van der Waals surface area contributed by atoms with Gasteiger partial charge in [-0.05, 0) is 124 Å². The molecule has 5 heteroatoms. The van der Waals surface area contributed by atoms with Gasteiger partial charge < -0.3 is 14.2 Å². The van der Waals surface area contributed by atoms with Gasteiger partial charge in [-0.15, -0.1) is 6.58 Å². The van der Waals surface area contributed by atoms with Crippen LogP contribution in [0.5, 0.6) is 11.5 Å². The first kappa shape index (κ1) is 28.1. The van der Waals surface area contributed by atoms with Crippen molar-refractivity contribution in [1.82, 2.24) is 0 Å². The summed E-state index contributed by atoms with van der Waals surface area (Å²) in [6.07, 6.45) is 15.4. The predicted molar refractivity (Wildman–Crippen MR) is 151 cm³/mol. The molecule has 2 aliphatic carbocycles. The van der Waals surface area contributed by atoms with Gasteiger partial charge in [0, 0.05) is 0 Å². The van der Waals surface area contributed by atoms with Crippen molar-refractivity contribution in [2.75, 3.05) is 13.2 Å².